The number of rotatable bonds is 3. The molecule has 8 heteroatoms. The first-order valence-corrected chi connectivity index (χ1v) is 6.04. The first-order valence-electron chi connectivity index (χ1n) is 6.04. The molecule has 2 aromatic rings. The summed E-state index contributed by atoms with van der Waals surface area (Å²) in [5, 5.41) is 0. The minimum atomic E-state index is -4.74. The van der Waals surface area contributed by atoms with Crippen LogP contribution in [0.1, 0.15) is 16.8 Å². The molecule has 0 unspecified atom stereocenters. The van der Waals surface area contributed by atoms with Crippen LogP contribution in [0, 0.1) is 5.82 Å². The second kappa shape index (κ2) is 6.00. The van der Waals surface area contributed by atoms with Crippen molar-refractivity contribution in [2.75, 3.05) is 0 Å². The average molecular weight is 314 g/mol. The highest BCUT2D eigenvalue weighted by molar-refractivity contribution is 5.67. The van der Waals surface area contributed by atoms with E-state index in [9.17, 15) is 22.4 Å². The van der Waals surface area contributed by atoms with Gasteiger partial charge in [0, 0.05) is 18.2 Å². The molecule has 0 atom stereocenters. The summed E-state index contributed by atoms with van der Waals surface area (Å²) >= 11 is 0. The predicted octanol–water partition coefficient (Wildman–Crippen LogP) is 3.29. The molecular formula is C14H10F4N2O2. The number of hydrogen-bond acceptors (Lipinski definition) is 3. The smallest absolute Gasteiger partial charge is 0.391 e. The molecule has 0 fully saturated rings. The van der Waals surface area contributed by atoms with E-state index in [1.165, 1.54) is 12.1 Å². The second-order valence-corrected chi connectivity index (χ2v) is 4.38. The second-order valence-electron chi connectivity index (χ2n) is 4.38. The molecule has 0 aliphatic heterocycles. The van der Waals surface area contributed by atoms with E-state index in [-0.39, 0.29) is 12.3 Å². The minimum absolute atomic E-state index is 0.0441. The van der Waals surface area contributed by atoms with E-state index in [0.717, 1.165) is 12.1 Å². The SMILES string of the molecule is NC(=O)Oc1cccc(Cc2ccc(C(F)(F)F)c(F)c2)n1. The Bertz CT molecular complexity index is 701. The number of halogens is 4. The molecule has 1 aromatic carbocycles. The first-order chi connectivity index (χ1) is 10.3. The number of primary amides is 1. The Labute approximate surface area is 122 Å². The Morgan fingerprint density at radius 3 is 2.55 bits per heavy atom. The van der Waals surface area contributed by atoms with Crippen molar-refractivity contribution in [3.63, 3.8) is 0 Å². The van der Waals surface area contributed by atoms with Gasteiger partial charge >= 0.3 is 12.3 Å². The maximum atomic E-state index is 13.5. The van der Waals surface area contributed by atoms with Gasteiger partial charge in [0.2, 0.25) is 5.88 Å². The summed E-state index contributed by atoms with van der Waals surface area (Å²) in [7, 11) is 0. The predicted molar refractivity (Wildman–Crippen MR) is 68.7 cm³/mol. The van der Waals surface area contributed by atoms with Crippen LogP contribution in [0.3, 0.4) is 0 Å². The van der Waals surface area contributed by atoms with E-state index in [1.54, 1.807) is 6.07 Å². The van der Waals surface area contributed by atoms with Gasteiger partial charge in [0.05, 0.1) is 5.56 Å². The van der Waals surface area contributed by atoms with Gasteiger partial charge in [-0.25, -0.2) is 14.2 Å². The van der Waals surface area contributed by atoms with Crippen molar-refractivity contribution >= 4 is 6.09 Å². The summed E-state index contributed by atoms with van der Waals surface area (Å²) in [5.41, 5.74) is 4.21. The number of hydrogen-bond donors (Lipinski definition) is 1. The van der Waals surface area contributed by atoms with Crippen LogP contribution in [0.5, 0.6) is 5.88 Å². The lowest BCUT2D eigenvalue weighted by Crippen LogP contribution is -2.17. The van der Waals surface area contributed by atoms with Crippen molar-refractivity contribution in [3.8, 4) is 5.88 Å². The van der Waals surface area contributed by atoms with Gasteiger partial charge in [-0.2, -0.15) is 13.2 Å². The Morgan fingerprint density at radius 1 is 1.23 bits per heavy atom. The zero-order chi connectivity index (χ0) is 16.3. The lowest BCUT2D eigenvalue weighted by Gasteiger charge is -2.09. The standard InChI is InChI=1S/C14H10F4N2O2/c15-11-7-8(4-5-10(11)14(16,17)18)6-9-2-1-3-12(20-9)22-13(19)21/h1-5,7H,6H2,(H2,19,21). The van der Waals surface area contributed by atoms with Crippen molar-refractivity contribution < 1.29 is 27.1 Å². The maximum absolute atomic E-state index is 13.5. The van der Waals surface area contributed by atoms with Crippen molar-refractivity contribution in [1.29, 1.82) is 0 Å². The molecule has 0 aliphatic rings. The quantitative estimate of drug-likeness (QED) is 0.884. The van der Waals surface area contributed by atoms with Gasteiger partial charge in [-0.3, -0.25) is 0 Å². The number of ether oxygens (including phenoxy) is 1. The van der Waals surface area contributed by atoms with Gasteiger partial charge < -0.3 is 10.5 Å². The summed E-state index contributed by atoms with van der Waals surface area (Å²) in [6, 6.07) is 7.11. The maximum Gasteiger partial charge on any atom is 0.419 e. The number of aromatic nitrogens is 1. The molecule has 0 saturated heterocycles. The monoisotopic (exact) mass is 314 g/mol. The molecule has 0 radical (unpaired) electrons. The first kappa shape index (κ1) is 15.7. The molecule has 2 rings (SSSR count). The van der Waals surface area contributed by atoms with Crippen LogP contribution in [-0.2, 0) is 12.6 Å². The Morgan fingerprint density at radius 2 is 1.95 bits per heavy atom. The fourth-order valence-electron chi connectivity index (χ4n) is 1.82. The molecule has 0 bridgehead atoms. The summed E-state index contributed by atoms with van der Waals surface area (Å²) < 4.78 is 55.5. The highest BCUT2D eigenvalue weighted by Crippen LogP contribution is 2.31. The summed E-state index contributed by atoms with van der Waals surface area (Å²) in [6.45, 7) is 0. The molecule has 0 saturated carbocycles. The summed E-state index contributed by atoms with van der Waals surface area (Å²) in [6.07, 6.45) is -5.70. The van der Waals surface area contributed by atoms with Crippen molar-refractivity contribution in [2.45, 2.75) is 12.6 Å². The lowest BCUT2D eigenvalue weighted by molar-refractivity contribution is -0.140. The third kappa shape index (κ3) is 3.94. The van der Waals surface area contributed by atoms with Crippen LogP contribution in [0.2, 0.25) is 0 Å². The van der Waals surface area contributed by atoms with Crippen LogP contribution in [0.25, 0.3) is 0 Å². The number of carbonyl (C=O) groups excluding carboxylic acids is 1. The fraction of sp³-hybridized carbons (Fsp3) is 0.143. The highest BCUT2D eigenvalue weighted by atomic mass is 19.4. The van der Waals surface area contributed by atoms with E-state index in [4.69, 9.17) is 5.73 Å². The van der Waals surface area contributed by atoms with Gasteiger partial charge in [-0.1, -0.05) is 12.1 Å². The zero-order valence-electron chi connectivity index (χ0n) is 11.0. The van der Waals surface area contributed by atoms with Gasteiger partial charge in [0.1, 0.15) is 5.82 Å². The number of alkyl halides is 3. The minimum Gasteiger partial charge on any atom is -0.391 e. The van der Waals surface area contributed by atoms with Gasteiger partial charge in [0.25, 0.3) is 0 Å². The molecule has 1 aromatic heterocycles. The third-order valence-electron chi connectivity index (χ3n) is 2.71. The summed E-state index contributed by atoms with van der Waals surface area (Å²) in [5.74, 6) is -1.40. The van der Waals surface area contributed by atoms with Gasteiger partial charge in [-0.15, -0.1) is 0 Å². The van der Waals surface area contributed by atoms with Crippen LogP contribution < -0.4 is 10.5 Å². The zero-order valence-corrected chi connectivity index (χ0v) is 11.0. The van der Waals surface area contributed by atoms with Gasteiger partial charge in [-0.05, 0) is 23.8 Å². The van der Waals surface area contributed by atoms with Crippen molar-refractivity contribution in [1.82, 2.24) is 4.98 Å². The molecule has 4 nitrogen and oxygen atoms in total. The van der Waals surface area contributed by atoms with Crippen LogP contribution in [0.4, 0.5) is 22.4 Å². The molecule has 22 heavy (non-hydrogen) atoms. The van der Waals surface area contributed by atoms with E-state index in [2.05, 4.69) is 9.72 Å². The van der Waals surface area contributed by atoms with Crippen LogP contribution in [0.15, 0.2) is 36.4 Å². The van der Waals surface area contributed by atoms with E-state index in [0.29, 0.717) is 17.3 Å². The Kier molecular flexibility index (Phi) is 4.30. The number of benzene rings is 1. The topological polar surface area (TPSA) is 65.2 Å². The number of amides is 1. The molecule has 0 spiro atoms. The average Bonchev–Trinajstić information content (AvgIpc) is 2.36. The van der Waals surface area contributed by atoms with E-state index >= 15 is 0 Å². The number of nitrogens with zero attached hydrogens (tertiary/aromatic N) is 1. The van der Waals surface area contributed by atoms with Crippen molar-refractivity contribution in [3.05, 3.63) is 59.0 Å². The largest absolute Gasteiger partial charge is 0.419 e. The normalized spacial score (nSPS) is 11.3. The van der Waals surface area contributed by atoms with Gasteiger partial charge in [0.15, 0.2) is 0 Å². The lowest BCUT2D eigenvalue weighted by atomic mass is 10.1. The van der Waals surface area contributed by atoms with E-state index < -0.39 is 23.7 Å². The number of pyridine rings is 1. The van der Waals surface area contributed by atoms with E-state index in [1.807, 2.05) is 0 Å². The highest BCUT2D eigenvalue weighted by Gasteiger charge is 2.33. The molecular weight excluding hydrogens is 304 g/mol. The summed E-state index contributed by atoms with van der Waals surface area (Å²) in [4.78, 5) is 14.6. The fourth-order valence-corrected chi connectivity index (χ4v) is 1.82. The number of nitrogens with two attached hydrogens (primary N) is 1. The molecule has 0 aliphatic carbocycles. The Balaban J connectivity index is 2.21. The molecule has 1 amide bonds. The Hall–Kier alpha value is -2.64. The molecule has 1 heterocycles. The van der Waals surface area contributed by atoms with Crippen LogP contribution in [-0.4, -0.2) is 11.1 Å². The van der Waals surface area contributed by atoms with Crippen molar-refractivity contribution in [2.24, 2.45) is 5.73 Å². The molecule has 2 N–H and O–H groups in total. The van der Waals surface area contributed by atoms with Crippen LogP contribution >= 0.6 is 0 Å². The third-order valence-corrected chi connectivity index (χ3v) is 2.71. The molecule has 116 valence electrons. The number of carbonyl (C=O) groups is 1.